The smallest absolute Gasteiger partial charge is 0.147 e. The fraction of sp³-hybridized carbons (Fsp3) is 1.00. The Hall–Kier alpha value is 0.260. The SMILES string of the molecule is CC(C)SCC(O)CCS(C)(=O)=O. The highest BCUT2D eigenvalue weighted by molar-refractivity contribution is 7.99. The summed E-state index contributed by atoms with van der Waals surface area (Å²) in [7, 11) is -2.93. The molecule has 0 aliphatic heterocycles. The van der Waals surface area contributed by atoms with E-state index in [1.807, 2.05) is 13.8 Å². The van der Waals surface area contributed by atoms with Gasteiger partial charge in [0.25, 0.3) is 0 Å². The molecule has 0 saturated carbocycles. The van der Waals surface area contributed by atoms with Gasteiger partial charge < -0.3 is 5.11 Å². The summed E-state index contributed by atoms with van der Waals surface area (Å²) in [4.78, 5) is 0. The van der Waals surface area contributed by atoms with Gasteiger partial charge in [0, 0.05) is 12.0 Å². The molecular formula is C8H18O3S2. The molecule has 0 aromatic rings. The van der Waals surface area contributed by atoms with E-state index in [-0.39, 0.29) is 5.75 Å². The Morgan fingerprint density at radius 1 is 1.38 bits per heavy atom. The number of sulfone groups is 1. The fourth-order valence-corrected chi connectivity index (χ4v) is 2.21. The highest BCUT2D eigenvalue weighted by Crippen LogP contribution is 2.12. The minimum absolute atomic E-state index is 0.0762. The van der Waals surface area contributed by atoms with E-state index in [9.17, 15) is 13.5 Å². The van der Waals surface area contributed by atoms with Crippen molar-refractivity contribution >= 4 is 21.6 Å². The van der Waals surface area contributed by atoms with Gasteiger partial charge in [-0.15, -0.1) is 0 Å². The first-order valence-electron chi connectivity index (χ1n) is 4.28. The molecule has 1 N–H and O–H groups in total. The average Bonchev–Trinajstić information content (AvgIpc) is 1.95. The Labute approximate surface area is 84.8 Å². The molecule has 0 heterocycles. The third kappa shape index (κ3) is 10.2. The molecule has 80 valence electrons. The van der Waals surface area contributed by atoms with Gasteiger partial charge in [-0.3, -0.25) is 0 Å². The summed E-state index contributed by atoms with van der Waals surface area (Å²) < 4.78 is 21.5. The molecule has 0 aliphatic carbocycles. The van der Waals surface area contributed by atoms with Crippen LogP contribution in [0.2, 0.25) is 0 Å². The first kappa shape index (κ1) is 13.3. The van der Waals surface area contributed by atoms with Crippen molar-refractivity contribution in [3.63, 3.8) is 0 Å². The van der Waals surface area contributed by atoms with Gasteiger partial charge >= 0.3 is 0 Å². The summed E-state index contributed by atoms with van der Waals surface area (Å²) in [6.07, 6.45) is 1.04. The third-order valence-electron chi connectivity index (χ3n) is 1.44. The van der Waals surface area contributed by atoms with E-state index in [0.29, 0.717) is 17.4 Å². The number of thioether (sulfide) groups is 1. The summed E-state index contributed by atoms with van der Waals surface area (Å²) in [5.41, 5.74) is 0. The third-order valence-corrected chi connectivity index (χ3v) is 3.66. The Kier molecular flexibility index (Phi) is 6.00. The van der Waals surface area contributed by atoms with Crippen molar-refractivity contribution in [2.75, 3.05) is 17.8 Å². The summed E-state index contributed by atoms with van der Waals surface area (Å²) in [6.45, 7) is 4.10. The Morgan fingerprint density at radius 2 is 1.92 bits per heavy atom. The molecule has 1 unspecified atom stereocenters. The fourth-order valence-electron chi connectivity index (χ4n) is 0.737. The van der Waals surface area contributed by atoms with Crippen LogP contribution in [0.5, 0.6) is 0 Å². The van der Waals surface area contributed by atoms with Crippen molar-refractivity contribution < 1.29 is 13.5 Å². The molecular weight excluding hydrogens is 208 g/mol. The lowest BCUT2D eigenvalue weighted by atomic mass is 10.3. The molecule has 0 aromatic carbocycles. The topological polar surface area (TPSA) is 54.4 Å². The first-order valence-corrected chi connectivity index (χ1v) is 7.39. The molecule has 0 aromatic heterocycles. The van der Waals surface area contributed by atoms with Crippen LogP contribution in [-0.4, -0.2) is 42.6 Å². The van der Waals surface area contributed by atoms with Gasteiger partial charge in [-0.1, -0.05) is 13.8 Å². The van der Waals surface area contributed by atoms with E-state index in [0.717, 1.165) is 0 Å². The lowest BCUT2D eigenvalue weighted by Gasteiger charge is -2.10. The highest BCUT2D eigenvalue weighted by atomic mass is 32.2. The monoisotopic (exact) mass is 226 g/mol. The maximum Gasteiger partial charge on any atom is 0.147 e. The maximum atomic E-state index is 10.8. The van der Waals surface area contributed by atoms with Crippen LogP contribution in [0.25, 0.3) is 0 Å². The van der Waals surface area contributed by atoms with Crippen LogP contribution in [0, 0.1) is 0 Å². The van der Waals surface area contributed by atoms with E-state index >= 15 is 0 Å². The van der Waals surface area contributed by atoms with Crippen LogP contribution in [0.3, 0.4) is 0 Å². The Balaban J connectivity index is 3.58. The zero-order valence-electron chi connectivity index (χ0n) is 8.36. The van der Waals surface area contributed by atoms with Crippen molar-refractivity contribution in [2.24, 2.45) is 0 Å². The summed E-state index contributed by atoms with van der Waals surface area (Å²) >= 11 is 1.65. The lowest BCUT2D eigenvalue weighted by Crippen LogP contribution is -2.16. The summed E-state index contributed by atoms with van der Waals surface area (Å²) in [6, 6.07) is 0. The molecule has 0 rings (SSSR count). The minimum Gasteiger partial charge on any atom is -0.392 e. The van der Waals surface area contributed by atoms with Crippen molar-refractivity contribution in [2.45, 2.75) is 31.6 Å². The van der Waals surface area contributed by atoms with E-state index in [1.165, 1.54) is 6.26 Å². The van der Waals surface area contributed by atoms with Gasteiger partial charge in [0.05, 0.1) is 11.9 Å². The number of hydrogen-bond donors (Lipinski definition) is 1. The van der Waals surface area contributed by atoms with Gasteiger partial charge in [0.15, 0.2) is 0 Å². The molecule has 0 fully saturated rings. The van der Waals surface area contributed by atoms with Crippen molar-refractivity contribution in [3.05, 3.63) is 0 Å². The highest BCUT2D eigenvalue weighted by Gasteiger charge is 2.09. The van der Waals surface area contributed by atoms with Crippen LogP contribution < -0.4 is 0 Å². The second kappa shape index (κ2) is 5.88. The van der Waals surface area contributed by atoms with Crippen LogP contribution >= 0.6 is 11.8 Å². The maximum absolute atomic E-state index is 10.8. The first-order chi connectivity index (χ1) is 5.81. The quantitative estimate of drug-likeness (QED) is 0.732. The minimum atomic E-state index is -2.93. The predicted octanol–water partition coefficient (Wildman–Crippen LogP) is 0.924. The molecule has 5 heteroatoms. The van der Waals surface area contributed by atoms with E-state index in [1.54, 1.807) is 11.8 Å². The zero-order chi connectivity index (χ0) is 10.5. The second-order valence-corrected chi connectivity index (χ2v) is 7.32. The van der Waals surface area contributed by atoms with Crippen LogP contribution in [0.4, 0.5) is 0 Å². The number of aliphatic hydroxyl groups is 1. The molecule has 13 heavy (non-hydrogen) atoms. The van der Waals surface area contributed by atoms with Crippen molar-refractivity contribution in [3.8, 4) is 0 Å². The molecule has 0 aliphatic rings. The standard InChI is InChI=1S/C8H18O3S2/c1-7(2)12-6-8(9)4-5-13(3,10)11/h7-9H,4-6H2,1-3H3. The van der Waals surface area contributed by atoms with Crippen molar-refractivity contribution in [1.82, 2.24) is 0 Å². The average molecular weight is 226 g/mol. The van der Waals surface area contributed by atoms with E-state index in [2.05, 4.69) is 0 Å². The Bertz CT molecular complexity index is 222. The molecule has 0 spiro atoms. The van der Waals surface area contributed by atoms with E-state index in [4.69, 9.17) is 0 Å². The van der Waals surface area contributed by atoms with Crippen LogP contribution in [0.15, 0.2) is 0 Å². The molecule has 0 radical (unpaired) electrons. The van der Waals surface area contributed by atoms with Crippen molar-refractivity contribution in [1.29, 1.82) is 0 Å². The second-order valence-electron chi connectivity index (χ2n) is 3.45. The normalized spacial score (nSPS) is 14.8. The van der Waals surface area contributed by atoms with E-state index < -0.39 is 15.9 Å². The molecule has 0 bridgehead atoms. The molecule has 3 nitrogen and oxygen atoms in total. The Morgan fingerprint density at radius 3 is 2.31 bits per heavy atom. The number of rotatable bonds is 6. The lowest BCUT2D eigenvalue weighted by molar-refractivity contribution is 0.196. The molecule has 1 atom stereocenters. The van der Waals surface area contributed by atoms with Crippen LogP contribution in [0.1, 0.15) is 20.3 Å². The van der Waals surface area contributed by atoms with Gasteiger partial charge in [-0.05, 0) is 11.7 Å². The van der Waals surface area contributed by atoms with Gasteiger partial charge in [0.2, 0.25) is 0 Å². The zero-order valence-corrected chi connectivity index (χ0v) is 9.99. The van der Waals surface area contributed by atoms with Gasteiger partial charge in [0.1, 0.15) is 9.84 Å². The van der Waals surface area contributed by atoms with Gasteiger partial charge in [-0.2, -0.15) is 11.8 Å². The summed E-state index contributed by atoms with van der Waals surface area (Å²) in [5, 5.41) is 9.86. The number of hydrogen-bond acceptors (Lipinski definition) is 4. The van der Waals surface area contributed by atoms with Crippen LogP contribution in [-0.2, 0) is 9.84 Å². The summed E-state index contributed by atoms with van der Waals surface area (Å²) in [5.74, 6) is 0.694. The molecule has 0 saturated heterocycles. The number of aliphatic hydroxyl groups excluding tert-OH is 1. The van der Waals surface area contributed by atoms with Gasteiger partial charge in [-0.25, -0.2) is 8.42 Å². The largest absolute Gasteiger partial charge is 0.392 e. The molecule has 0 amide bonds. The predicted molar refractivity (Wildman–Crippen MR) is 57.9 cm³/mol.